The van der Waals surface area contributed by atoms with E-state index in [0.717, 1.165) is 19.5 Å². The van der Waals surface area contributed by atoms with Gasteiger partial charge in [-0.1, -0.05) is 37.3 Å². The van der Waals surface area contributed by atoms with E-state index in [1.54, 1.807) is 11.0 Å². The van der Waals surface area contributed by atoms with Gasteiger partial charge >= 0.3 is 5.97 Å². The Morgan fingerprint density at radius 1 is 1.33 bits per heavy atom. The molecule has 1 heterocycles. The van der Waals surface area contributed by atoms with Gasteiger partial charge in [0.1, 0.15) is 6.33 Å². The van der Waals surface area contributed by atoms with Crippen molar-refractivity contribution in [1.82, 2.24) is 19.7 Å². The number of hydrogen-bond acceptors (Lipinski definition) is 5. The van der Waals surface area contributed by atoms with Crippen LogP contribution in [0.3, 0.4) is 0 Å². The van der Waals surface area contributed by atoms with Gasteiger partial charge in [0.15, 0.2) is 0 Å². The van der Waals surface area contributed by atoms with E-state index in [0.29, 0.717) is 6.67 Å². The molecule has 6 nitrogen and oxygen atoms in total. The van der Waals surface area contributed by atoms with Crippen molar-refractivity contribution in [3.8, 4) is 0 Å². The second kappa shape index (κ2) is 7.54. The summed E-state index contributed by atoms with van der Waals surface area (Å²) in [6.07, 6.45) is 2.53. The Kier molecular flexibility index (Phi) is 5.45. The number of hydrogen-bond donors (Lipinski definition) is 0. The lowest BCUT2D eigenvalue weighted by Crippen LogP contribution is -2.28. The maximum absolute atomic E-state index is 11.3. The molecule has 1 aromatic heterocycles. The topological polar surface area (TPSA) is 60.2 Å². The highest BCUT2D eigenvalue weighted by atomic mass is 16.5. The molecule has 0 unspecified atom stereocenters. The Hall–Kier alpha value is -2.21. The Labute approximate surface area is 124 Å². The highest BCUT2D eigenvalue weighted by Crippen LogP contribution is 2.03. The number of nitrogens with zero attached hydrogens (tertiary/aromatic N) is 4. The molecule has 0 saturated heterocycles. The van der Waals surface area contributed by atoms with Crippen LogP contribution in [0.1, 0.15) is 23.1 Å². The maximum atomic E-state index is 11.3. The molecule has 0 bridgehead atoms. The molecule has 6 heteroatoms. The molecule has 0 amide bonds. The lowest BCUT2D eigenvalue weighted by atomic mass is 10.1. The largest absolute Gasteiger partial charge is 0.463 e. The number of aromatic nitrogens is 3. The van der Waals surface area contributed by atoms with E-state index < -0.39 is 5.97 Å². The fourth-order valence-corrected chi connectivity index (χ4v) is 2.01. The smallest absolute Gasteiger partial charge is 0.377 e. The fourth-order valence-electron chi connectivity index (χ4n) is 2.01. The number of benzene rings is 1. The van der Waals surface area contributed by atoms with Crippen molar-refractivity contribution >= 4 is 5.97 Å². The molecular weight excluding hydrogens is 268 g/mol. The average molecular weight is 288 g/mol. The van der Waals surface area contributed by atoms with E-state index in [1.165, 1.54) is 12.7 Å². The molecular formula is C15H20N4O2. The van der Waals surface area contributed by atoms with Gasteiger partial charge in [-0.3, -0.25) is 4.90 Å². The summed E-state index contributed by atoms with van der Waals surface area (Å²) in [5, 5.41) is 4.11. The molecule has 1 aromatic carbocycles. The summed E-state index contributed by atoms with van der Waals surface area (Å²) >= 11 is 0. The number of esters is 1. The Morgan fingerprint density at radius 3 is 2.76 bits per heavy atom. The van der Waals surface area contributed by atoms with Gasteiger partial charge in [0.25, 0.3) is 5.82 Å². The molecule has 0 fully saturated rings. The molecule has 112 valence electrons. The Bertz CT molecular complexity index is 568. The number of methoxy groups -OCH3 is 1. The van der Waals surface area contributed by atoms with Crippen molar-refractivity contribution in [3.05, 3.63) is 48.0 Å². The summed E-state index contributed by atoms with van der Waals surface area (Å²) in [7, 11) is 1.32. The minimum absolute atomic E-state index is 0.0941. The van der Waals surface area contributed by atoms with Gasteiger partial charge in [0.2, 0.25) is 0 Å². The van der Waals surface area contributed by atoms with Crippen molar-refractivity contribution < 1.29 is 9.53 Å². The first kappa shape index (κ1) is 15.2. The van der Waals surface area contributed by atoms with Gasteiger partial charge < -0.3 is 4.74 Å². The predicted molar refractivity (Wildman–Crippen MR) is 78.8 cm³/mol. The van der Waals surface area contributed by atoms with Gasteiger partial charge in [-0.2, -0.15) is 0 Å². The fraction of sp³-hybridized carbons (Fsp3) is 0.400. The second-order valence-corrected chi connectivity index (χ2v) is 4.69. The zero-order chi connectivity index (χ0) is 15.1. The molecule has 21 heavy (non-hydrogen) atoms. The molecule has 0 radical (unpaired) electrons. The monoisotopic (exact) mass is 288 g/mol. The summed E-state index contributed by atoms with van der Waals surface area (Å²) in [5.41, 5.74) is 1.31. The van der Waals surface area contributed by atoms with E-state index in [9.17, 15) is 4.79 Å². The summed E-state index contributed by atoms with van der Waals surface area (Å²) in [5.74, 6) is -0.419. The van der Waals surface area contributed by atoms with Crippen molar-refractivity contribution in [1.29, 1.82) is 0 Å². The van der Waals surface area contributed by atoms with Gasteiger partial charge in [-0.15, -0.1) is 5.10 Å². The number of ether oxygens (including phenoxy) is 1. The predicted octanol–water partition coefficient (Wildman–Crippen LogP) is 1.59. The summed E-state index contributed by atoms with van der Waals surface area (Å²) in [6, 6.07) is 10.4. The SMILES string of the molecule is CCN(CCc1ccccc1)Cn1cnc(C(=O)OC)n1. The number of carbonyl (C=O) groups is 1. The average Bonchev–Trinajstić information content (AvgIpc) is 3.00. The third-order valence-corrected chi connectivity index (χ3v) is 3.26. The van der Waals surface area contributed by atoms with Crippen LogP contribution in [0.25, 0.3) is 0 Å². The van der Waals surface area contributed by atoms with Crippen molar-refractivity contribution in [3.63, 3.8) is 0 Å². The van der Waals surface area contributed by atoms with Crippen LogP contribution in [0.4, 0.5) is 0 Å². The van der Waals surface area contributed by atoms with Crippen LogP contribution < -0.4 is 0 Å². The van der Waals surface area contributed by atoms with Gasteiger partial charge in [0, 0.05) is 6.54 Å². The van der Waals surface area contributed by atoms with E-state index in [2.05, 4.69) is 38.8 Å². The zero-order valence-electron chi connectivity index (χ0n) is 12.4. The number of carbonyl (C=O) groups excluding carboxylic acids is 1. The van der Waals surface area contributed by atoms with E-state index in [-0.39, 0.29) is 5.82 Å². The van der Waals surface area contributed by atoms with Crippen LogP contribution in [0, 0.1) is 0 Å². The van der Waals surface area contributed by atoms with Crippen molar-refractivity contribution in [2.75, 3.05) is 20.2 Å². The third-order valence-electron chi connectivity index (χ3n) is 3.26. The molecule has 0 aliphatic carbocycles. The Morgan fingerprint density at radius 2 is 2.10 bits per heavy atom. The van der Waals surface area contributed by atoms with Crippen molar-refractivity contribution in [2.24, 2.45) is 0 Å². The molecule has 0 aliphatic heterocycles. The van der Waals surface area contributed by atoms with Crippen LogP contribution in [0.15, 0.2) is 36.7 Å². The Balaban J connectivity index is 1.90. The second-order valence-electron chi connectivity index (χ2n) is 4.69. The summed E-state index contributed by atoms with van der Waals surface area (Å²) < 4.78 is 6.25. The zero-order valence-corrected chi connectivity index (χ0v) is 12.4. The highest BCUT2D eigenvalue weighted by molar-refractivity contribution is 5.84. The minimum atomic E-state index is -0.513. The van der Waals surface area contributed by atoms with Crippen molar-refractivity contribution in [2.45, 2.75) is 20.0 Å². The third kappa shape index (κ3) is 4.39. The van der Waals surface area contributed by atoms with Crippen LogP contribution in [-0.2, 0) is 17.8 Å². The molecule has 0 atom stereocenters. The molecule has 2 aromatic rings. The van der Waals surface area contributed by atoms with E-state index >= 15 is 0 Å². The van der Waals surface area contributed by atoms with Crippen LogP contribution in [0.5, 0.6) is 0 Å². The molecule has 0 spiro atoms. The summed E-state index contributed by atoms with van der Waals surface area (Å²) in [6.45, 7) is 4.53. The van der Waals surface area contributed by atoms with Gasteiger partial charge in [0.05, 0.1) is 13.8 Å². The first-order chi connectivity index (χ1) is 10.2. The first-order valence-electron chi connectivity index (χ1n) is 6.97. The first-order valence-corrected chi connectivity index (χ1v) is 6.97. The van der Waals surface area contributed by atoms with Crippen LogP contribution in [-0.4, -0.2) is 45.8 Å². The van der Waals surface area contributed by atoms with Gasteiger partial charge in [-0.05, 0) is 18.5 Å². The molecule has 0 aliphatic rings. The minimum Gasteiger partial charge on any atom is -0.463 e. The maximum Gasteiger partial charge on any atom is 0.377 e. The normalized spacial score (nSPS) is 10.8. The highest BCUT2D eigenvalue weighted by Gasteiger charge is 2.12. The lowest BCUT2D eigenvalue weighted by Gasteiger charge is -2.19. The molecule has 2 rings (SSSR count). The molecule has 0 N–H and O–H groups in total. The van der Waals surface area contributed by atoms with Gasteiger partial charge in [-0.25, -0.2) is 14.5 Å². The standard InChI is InChI=1S/C15H20N4O2/c1-3-18(10-9-13-7-5-4-6-8-13)12-19-11-16-14(17-19)15(20)21-2/h4-8,11H,3,9-10,12H2,1-2H3. The van der Waals surface area contributed by atoms with E-state index in [1.807, 2.05) is 18.2 Å². The number of likely N-dealkylation sites (N-methyl/N-ethyl adjacent to an activating group) is 1. The lowest BCUT2D eigenvalue weighted by molar-refractivity contribution is 0.0585. The quantitative estimate of drug-likeness (QED) is 0.724. The van der Waals surface area contributed by atoms with Crippen LogP contribution >= 0.6 is 0 Å². The molecule has 0 saturated carbocycles. The van der Waals surface area contributed by atoms with E-state index in [4.69, 9.17) is 0 Å². The number of rotatable bonds is 7. The summed E-state index contributed by atoms with van der Waals surface area (Å²) in [4.78, 5) is 17.5. The van der Waals surface area contributed by atoms with Crippen LogP contribution in [0.2, 0.25) is 0 Å².